The van der Waals surface area contributed by atoms with Gasteiger partial charge in [0.05, 0.1) is 5.57 Å². The molecule has 1 N–H and O–H groups in total. The normalized spacial score (nSPS) is 14.0. The van der Waals surface area contributed by atoms with Crippen molar-refractivity contribution in [1.29, 1.82) is 0 Å². The maximum absolute atomic E-state index is 12.7. The van der Waals surface area contributed by atoms with Crippen molar-refractivity contribution in [3.8, 4) is 0 Å². The Morgan fingerprint density at radius 2 is 1.58 bits per heavy atom. The number of anilines is 2. The van der Waals surface area contributed by atoms with Gasteiger partial charge in [0.25, 0.3) is 11.8 Å². The minimum absolute atomic E-state index is 0.173. The topological polar surface area (TPSA) is 69.7 Å². The van der Waals surface area contributed by atoms with E-state index in [9.17, 15) is 14.4 Å². The number of amides is 3. The van der Waals surface area contributed by atoms with Gasteiger partial charge in [0, 0.05) is 32.4 Å². The van der Waals surface area contributed by atoms with Crippen molar-refractivity contribution in [2.45, 2.75) is 6.92 Å². The number of likely N-dealkylation sites (N-methyl/N-ethyl adjacent to an activating group) is 2. The smallest absolute Gasteiger partial charge is 0.277 e. The van der Waals surface area contributed by atoms with E-state index in [1.54, 1.807) is 36.2 Å². The van der Waals surface area contributed by atoms with Crippen molar-refractivity contribution in [2.75, 3.05) is 24.3 Å². The Morgan fingerprint density at radius 1 is 0.962 bits per heavy atom. The summed E-state index contributed by atoms with van der Waals surface area (Å²) in [7, 11) is 3.24. The molecular formula is C20H19N3O3. The van der Waals surface area contributed by atoms with Crippen LogP contribution in [0.1, 0.15) is 12.5 Å². The van der Waals surface area contributed by atoms with E-state index >= 15 is 0 Å². The van der Waals surface area contributed by atoms with Gasteiger partial charge in [-0.1, -0.05) is 30.3 Å². The Labute approximate surface area is 151 Å². The van der Waals surface area contributed by atoms with E-state index in [1.807, 2.05) is 30.3 Å². The Bertz CT molecular complexity index is 902. The summed E-state index contributed by atoms with van der Waals surface area (Å²) in [5.41, 5.74) is 2.74. The maximum Gasteiger partial charge on any atom is 0.277 e. The minimum Gasteiger partial charge on any atom is -0.339 e. The highest BCUT2D eigenvalue weighted by molar-refractivity contribution is 6.36. The summed E-state index contributed by atoms with van der Waals surface area (Å²) < 4.78 is 0. The molecule has 26 heavy (non-hydrogen) atoms. The van der Waals surface area contributed by atoms with Gasteiger partial charge < -0.3 is 10.2 Å². The van der Waals surface area contributed by atoms with Crippen LogP contribution in [0.2, 0.25) is 0 Å². The number of hydrogen-bond acceptors (Lipinski definition) is 4. The van der Waals surface area contributed by atoms with E-state index in [4.69, 9.17) is 0 Å². The number of imide groups is 1. The van der Waals surface area contributed by atoms with Crippen molar-refractivity contribution in [3.63, 3.8) is 0 Å². The predicted octanol–water partition coefficient (Wildman–Crippen LogP) is 2.49. The second-order valence-electron chi connectivity index (χ2n) is 6.05. The fourth-order valence-electron chi connectivity index (χ4n) is 2.90. The van der Waals surface area contributed by atoms with Gasteiger partial charge in [-0.05, 0) is 29.8 Å². The molecule has 1 aliphatic heterocycles. The van der Waals surface area contributed by atoms with Crippen LogP contribution in [0.5, 0.6) is 0 Å². The van der Waals surface area contributed by atoms with Gasteiger partial charge in [-0.25, -0.2) is 0 Å². The average molecular weight is 349 g/mol. The molecule has 3 amide bonds. The summed E-state index contributed by atoms with van der Waals surface area (Å²) in [5.74, 6) is -0.865. The van der Waals surface area contributed by atoms with Gasteiger partial charge in [0.1, 0.15) is 5.70 Å². The number of hydrogen-bond donors (Lipinski definition) is 1. The summed E-state index contributed by atoms with van der Waals surface area (Å²) in [4.78, 5) is 39.3. The van der Waals surface area contributed by atoms with Crippen LogP contribution >= 0.6 is 0 Å². The van der Waals surface area contributed by atoms with Crippen LogP contribution in [0, 0.1) is 0 Å². The zero-order chi connectivity index (χ0) is 18.8. The van der Waals surface area contributed by atoms with E-state index < -0.39 is 0 Å². The van der Waals surface area contributed by atoms with E-state index in [-0.39, 0.29) is 17.7 Å². The Balaban J connectivity index is 2.07. The van der Waals surface area contributed by atoms with Gasteiger partial charge in [0.2, 0.25) is 5.91 Å². The summed E-state index contributed by atoms with van der Waals surface area (Å²) in [6.07, 6.45) is 0. The maximum atomic E-state index is 12.7. The first-order valence-electron chi connectivity index (χ1n) is 8.13. The Morgan fingerprint density at radius 3 is 2.15 bits per heavy atom. The van der Waals surface area contributed by atoms with E-state index in [0.717, 1.165) is 10.6 Å². The summed E-state index contributed by atoms with van der Waals surface area (Å²) in [6.45, 7) is 1.43. The number of rotatable bonds is 4. The summed E-state index contributed by atoms with van der Waals surface area (Å²) in [6, 6.07) is 16.3. The molecule has 2 aromatic rings. The van der Waals surface area contributed by atoms with Gasteiger partial charge in [-0.3, -0.25) is 19.3 Å². The zero-order valence-electron chi connectivity index (χ0n) is 14.8. The van der Waals surface area contributed by atoms with E-state index in [2.05, 4.69) is 5.32 Å². The highest BCUT2D eigenvalue weighted by atomic mass is 16.2. The molecule has 0 atom stereocenters. The van der Waals surface area contributed by atoms with Crippen LogP contribution in [-0.2, 0) is 14.4 Å². The second-order valence-corrected chi connectivity index (χ2v) is 6.05. The van der Waals surface area contributed by atoms with Crippen molar-refractivity contribution >= 4 is 34.7 Å². The highest BCUT2D eigenvalue weighted by Gasteiger charge is 2.38. The van der Waals surface area contributed by atoms with Gasteiger partial charge in [0.15, 0.2) is 0 Å². The molecule has 1 aliphatic rings. The first-order chi connectivity index (χ1) is 12.4. The molecule has 0 saturated heterocycles. The third kappa shape index (κ3) is 3.09. The Kier molecular flexibility index (Phi) is 4.58. The molecule has 3 rings (SSSR count). The minimum atomic E-state index is -0.347. The van der Waals surface area contributed by atoms with Crippen molar-refractivity contribution in [3.05, 3.63) is 65.9 Å². The SMILES string of the molecule is CC(=O)Nc1ccc(C2=C(N(C)c3ccccc3)C(=O)N(C)C2=O)cc1. The van der Waals surface area contributed by atoms with Crippen LogP contribution < -0.4 is 10.2 Å². The predicted molar refractivity (Wildman–Crippen MR) is 100 cm³/mol. The first-order valence-corrected chi connectivity index (χ1v) is 8.13. The third-order valence-corrected chi connectivity index (χ3v) is 4.24. The fraction of sp³-hybridized carbons (Fsp3) is 0.150. The Hall–Kier alpha value is -3.41. The van der Waals surface area contributed by atoms with Crippen molar-refractivity contribution < 1.29 is 14.4 Å². The standard InChI is InChI=1S/C20H19N3O3/c1-13(24)21-15-11-9-14(10-12-15)17-18(20(26)23(3)19(17)25)22(2)16-7-5-4-6-8-16/h4-12H,1-3H3,(H,21,24). The molecule has 0 bridgehead atoms. The lowest BCUT2D eigenvalue weighted by Crippen LogP contribution is -2.30. The number of para-hydroxylation sites is 1. The molecule has 132 valence electrons. The molecule has 0 fully saturated rings. The molecule has 2 aromatic carbocycles. The van der Waals surface area contributed by atoms with Crippen LogP contribution in [-0.4, -0.2) is 36.7 Å². The van der Waals surface area contributed by atoms with Crippen molar-refractivity contribution in [2.24, 2.45) is 0 Å². The lowest BCUT2D eigenvalue weighted by molar-refractivity contribution is -0.135. The van der Waals surface area contributed by atoms with Gasteiger partial charge in [-0.15, -0.1) is 0 Å². The number of nitrogens with zero attached hydrogens (tertiary/aromatic N) is 2. The second kappa shape index (κ2) is 6.84. The van der Waals surface area contributed by atoms with Crippen LogP contribution in [0.25, 0.3) is 5.57 Å². The number of benzene rings is 2. The molecule has 0 unspecified atom stereocenters. The quantitative estimate of drug-likeness (QED) is 0.861. The third-order valence-electron chi connectivity index (χ3n) is 4.24. The van der Waals surface area contributed by atoms with Gasteiger partial charge in [-0.2, -0.15) is 0 Å². The molecule has 0 saturated carbocycles. The molecule has 6 nitrogen and oxygen atoms in total. The number of nitrogens with one attached hydrogen (secondary N) is 1. The van der Waals surface area contributed by atoms with Crippen LogP contribution in [0.4, 0.5) is 11.4 Å². The first kappa shape index (κ1) is 17.4. The zero-order valence-corrected chi connectivity index (χ0v) is 14.8. The molecule has 0 aliphatic carbocycles. The molecule has 6 heteroatoms. The van der Waals surface area contributed by atoms with E-state index in [0.29, 0.717) is 22.5 Å². The molecule has 1 heterocycles. The highest BCUT2D eigenvalue weighted by Crippen LogP contribution is 2.33. The average Bonchev–Trinajstić information content (AvgIpc) is 2.86. The fourth-order valence-corrected chi connectivity index (χ4v) is 2.90. The van der Waals surface area contributed by atoms with Crippen molar-refractivity contribution in [1.82, 2.24) is 4.90 Å². The molecule has 0 radical (unpaired) electrons. The van der Waals surface area contributed by atoms with E-state index in [1.165, 1.54) is 14.0 Å². The lowest BCUT2D eigenvalue weighted by Gasteiger charge is -2.20. The summed E-state index contributed by atoms with van der Waals surface area (Å²) >= 11 is 0. The molecular weight excluding hydrogens is 330 g/mol. The monoisotopic (exact) mass is 349 g/mol. The number of carbonyl (C=O) groups is 3. The molecule has 0 aromatic heterocycles. The summed E-state index contributed by atoms with van der Waals surface area (Å²) in [5, 5.41) is 2.68. The largest absolute Gasteiger partial charge is 0.339 e. The molecule has 0 spiro atoms. The van der Waals surface area contributed by atoms with Crippen LogP contribution in [0.3, 0.4) is 0 Å². The lowest BCUT2D eigenvalue weighted by atomic mass is 10.0. The number of carbonyl (C=O) groups excluding carboxylic acids is 3. The van der Waals surface area contributed by atoms with Crippen LogP contribution in [0.15, 0.2) is 60.3 Å². The van der Waals surface area contributed by atoms with Gasteiger partial charge >= 0.3 is 0 Å².